The van der Waals surface area contributed by atoms with Crippen LogP contribution < -0.4 is 0 Å². The van der Waals surface area contributed by atoms with Crippen molar-refractivity contribution in [3.63, 3.8) is 0 Å². The first-order valence-electron chi connectivity index (χ1n) is 7.93. The molecule has 3 aromatic heterocycles. The standard InChI is InChI=1S/C18H13Cl2N5S/c1-2-25-9-8-12(24-25)11-4-3-5-15(17(11)20)26-18-21-10-14-13(23-18)6-7-16(19)22-14/h3-10H,2H2,1H3. The van der Waals surface area contributed by atoms with Gasteiger partial charge in [-0.3, -0.25) is 4.68 Å². The van der Waals surface area contributed by atoms with E-state index in [1.165, 1.54) is 11.8 Å². The molecule has 0 radical (unpaired) electrons. The van der Waals surface area contributed by atoms with Gasteiger partial charge in [-0.05, 0) is 43.0 Å². The summed E-state index contributed by atoms with van der Waals surface area (Å²) in [6.07, 6.45) is 3.60. The molecule has 0 unspecified atom stereocenters. The quantitative estimate of drug-likeness (QED) is 0.340. The Balaban J connectivity index is 1.68. The van der Waals surface area contributed by atoms with Crippen molar-refractivity contribution in [1.82, 2.24) is 24.7 Å². The van der Waals surface area contributed by atoms with Gasteiger partial charge in [-0.15, -0.1) is 0 Å². The van der Waals surface area contributed by atoms with Crippen molar-refractivity contribution >= 4 is 46.0 Å². The summed E-state index contributed by atoms with van der Waals surface area (Å²) in [5.41, 5.74) is 3.13. The second-order valence-electron chi connectivity index (χ2n) is 5.47. The Hall–Kier alpha value is -2.15. The van der Waals surface area contributed by atoms with Gasteiger partial charge in [0.15, 0.2) is 5.16 Å². The summed E-state index contributed by atoms with van der Waals surface area (Å²) < 4.78 is 1.87. The Morgan fingerprint density at radius 3 is 2.73 bits per heavy atom. The molecule has 4 aromatic rings. The molecule has 0 aliphatic rings. The summed E-state index contributed by atoms with van der Waals surface area (Å²) in [5.74, 6) is 0. The second-order valence-corrected chi connectivity index (χ2v) is 7.24. The lowest BCUT2D eigenvalue weighted by Gasteiger charge is -2.07. The molecule has 0 N–H and O–H groups in total. The van der Waals surface area contributed by atoms with Crippen molar-refractivity contribution in [3.05, 3.63) is 59.0 Å². The minimum Gasteiger partial charge on any atom is -0.272 e. The SMILES string of the molecule is CCn1ccc(-c2cccc(Sc3ncc4nc(Cl)ccc4n3)c2Cl)n1. The van der Waals surface area contributed by atoms with Crippen LogP contribution in [-0.2, 0) is 6.54 Å². The number of fused-ring (bicyclic) bond motifs is 1. The molecular formula is C18H13Cl2N5S. The summed E-state index contributed by atoms with van der Waals surface area (Å²) in [6.45, 7) is 2.86. The van der Waals surface area contributed by atoms with Gasteiger partial charge in [0.2, 0.25) is 0 Å². The molecule has 26 heavy (non-hydrogen) atoms. The average molecular weight is 402 g/mol. The Morgan fingerprint density at radius 2 is 1.92 bits per heavy atom. The maximum Gasteiger partial charge on any atom is 0.193 e. The van der Waals surface area contributed by atoms with Gasteiger partial charge >= 0.3 is 0 Å². The van der Waals surface area contributed by atoms with Crippen molar-refractivity contribution in [2.45, 2.75) is 23.5 Å². The first-order valence-corrected chi connectivity index (χ1v) is 9.51. The lowest BCUT2D eigenvalue weighted by atomic mass is 10.1. The molecule has 0 saturated heterocycles. The maximum atomic E-state index is 6.63. The van der Waals surface area contributed by atoms with Gasteiger partial charge in [-0.25, -0.2) is 15.0 Å². The van der Waals surface area contributed by atoms with Gasteiger partial charge in [0.1, 0.15) is 10.7 Å². The first kappa shape index (κ1) is 17.3. The van der Waals surface area contributed by atoms with Crippen molar-refractivity contribution < 1.29 is 0 Å². The van der Waals surface area contributed by atoms with Crippen LogP contribution in [-0.4, -0.2) is 24.7 Å². The second kappa shape index (κ2) is 7.23. The molecule has 0 fully saturated rings. The van der Waals surface area contributed by atoms with Crippen LogP contribution in [0.2, 0.25) is 10.2 Å². The number of nitrogens with zero attached hydrogens (tertiary/aromatic N) is 5. The zero-order valence-corrected chi connectivity index (χ0v) is 16.1. The predicted octanol–water partition coefficient (Wildman–Crippen LogP) is 5.37. The molecule has 0 atom stereocenters. The largest absolute Gasteiger partial charge is 0.272 e. The molecule has 130 valence electrons. The van der Waals surface area contributed by atoms with E-state index < -0.39 is 0 Å². The van der Waals surface area contributed by atoms with Crippen LogP contribution in [0.3, 0.4) is 0 Å². The van der Waals surface area contributed by atoms with Crippen LogP contribution in [0.15, 0.2) is 58.8 Å². The fraction of sp³-hybridized carbons (Fsp3) is 0.111. The number of benzene rings is 1. The van der Waals surface area contributed by atoms with Crippen molar-refractivity contribution in [3.8, 4) is 11.3 Å². The van der Waals surface area contributed by atoms with E-state index in [2.05, 4.69) is 20.1 Å². The van der Waals surface area contributed by atoms with Crippen LogP contribution in [0, 0.1) is 0 Å². The Kier molecular flexibility index (Phi) is 4.80. The zero-order valence-electron chi connectivity index (χ0n) is 13.7. The highest BCUT2D eigenvalue weighted by Crippen LogP contribution is 2.37. The van der Waals surface area contributed by atoms with Crippen LogP contribution >= 0.6 is 35.0 Å². The molecule has 1 aromatic carbocycles. The molecule has 0 aliphatic heterocycles. The summed E-state index contributed by atoms with van der Waals surface area (Å²) in [5, 5.41) is 6.18. The summed E-state index contributed by atoms with van der Waals surface area (Å²) >= 11 is 13.9. The number of pyridine rings is 1. The average Bonchev–Trinajstić information content (AvgIpc) is 3.12. The lowest BCUT2D eigenvalue weighted by Crippen LogP contribution is -1.94. The number of hydrogen-bond acceptors (Lipinski definition) is 5. The number of aromatic nitrogens is 5. The van der Waals surface area contributed by atoms with Crippen LogP contribution in [0.4, 0.5) is 0 Å². The van der Waals surface area contributed by atoms with E-state index in [1.807, 2.05) is 48.1 Å². The van der Waals surface area contributed by atoms with Crippen molar-refractivity contribution in [2.24, 2.45) is 0 Å². The van der Waals surface area contributed by atoms with E-state index >= 15 is 0 Å². The molecule has 3 heterocycles. The molecule has 0 bridgehead atoms. The Labute approximate surface area is 164 Å². The van der Waals surface area contributed by atoms with Crippen LogP contribution in [0.5, 0.6) is 0 Å². The van der Waals surface area contributed by atoms with Crippen LogP contribution in [0.1, 0.15) is 6.92 Å². The number of halogens is 2. The molecule has 0 spiro atoms. The van der Waals surface area contributed by atoms with Gasteiger partial charge in [0.05, 0.1) is 22.4 Å². The Morgan fingerprint density at radius 1 is 1.04 bits per heavy atom. The van der Waals surface area contributed by atoms with Crippen LogP contribution in [0.25, 0.3) is 22.3 Å². The third-order valence-corrected chi connectivity index (χ3v) is 5.46. The van der Waals surface area contributed by atoms with E-state index in [4.69, 9.17) is 23.2 Å². The predicted molar refractivity (Wildman–Crippen MR) is 105 cm³/mol. The molecule has 0 amide bonds. The fourth-order valence-corrected chi connectivity index (χ4v) is 3.78. The third kappa shape index (κ3) is 3.40. The number of rotatable bonds is 4. The topological polar surface area (TPSA) is 56.5 Å². The Bertz CT molecular complexity index is 1100. The van der Waals surface area contributed by atoms with E-state index in [0.717, 1.165) is 28.2 Å². The van der Waals surface area contributed by atoms with Gasteiger partial charge in [0.25, 0.3) is 0 Å². The normalized spacial score (nSPS) is 11.2. The van der Waals surface area contributed by atoms with Crippen molar-refractivity contribution in [1.29, 1.82) is 0 Å². The van der Waals surface area contributed by atoms with Gasteiger partial charge in [-0.1, -0.05) is 35.3 Å². The fourth-order valence-electron chi connectivity index (χ4n) is 2.50. The minimum atomic E-state index is 0.420. The molecular weight excluding hydrogens is 389 g/mol. The van der Waals surface area contributed by atoms with E-state index in [9.17, 15) is 0 Å². The highest BCUT2D eigenvalue weighted by atomic mass is 35.5. The molecule has 0 aliphatic carbocycles. The molecule has 8 heteroatoms. The molecule has 0 saturated carbocycles. The van der Waals surface area contributed by atoms with Gasteiger partial charge in [-0.2, -0.15) is 5.10 Å². The summed E-state index contributed by atoms with van der Waals surface area (Å²) in [7, 11) is 0. The van der Waals surface area contributed by atoms with E-state index in [0.29, 0.717) is 20.8 Å². The highest BCUT2D eigenvalue weighted by Gasteiger charge is 2.13. The smallest absolute Gasteiger partial charge is 0.193 e. The maximum absolute atomic E-state index is 6.63. The van der Waals surface area contributed by atoms with E-state index in [-0.39, 0.29) is 0 Å². The summed E-state index contributed by atoms with van der Waals surface area (Å²) in [4.78, 5) is 14.0. The van der Waals surface area contributed by atoms with E-state index in [1.54, 1.807) is 12.3 Å². The minimum absolute atomic E-state index is 0.420. The lowest BCUT2D eigenvalue weighted by molar-refractivity contribution is 0.662. The van der Waals surface area contributed by atoms with Gasteiger partial charge < -0.3 is 0 Å². The zero-order chi connectivity index (χ0) is 18.1. The number of aryl methyl sites for hydroxylation is 1. The van der Waals surface area contributed by atoms with Gasteiger partial charge in [0, 0.05) is 23.2 Å². The molecule has 4 rings (SSSR count). The highest BCUT2D eigenvalue weighted by molar-refractivity contribution is 7.99. The molecule has 5 nitrogen and oxygen atoms in total. The van der Waals surface area contributed by atoms with Crippen molar-refractivity contribution in [2.75, 3.05) is 0 Å². The summed E-state index contributed by atoms with van der Waals surface area (Å²) in [6, 6.07) is 11.4. The first-order chi connectivity index (χ1) is 12.6. The third-order valence-electron chi connectivity index (χ3n) is 3.79. The number of hydrogen-bond donors (Lipinski definition) is 0. The monoisotopic (exact) mass is 401 g/mol.